The van der Waals surface area contributed by atoms with Gasteiger partial charge in [0.1, 0.15) is 0 Å². The first-order valence-corrected chi connectivity index (χ1v) is 10.1. The van der Waals surface area contributed by atoms with Crippen LogP contribution in [0.1, 0.15) is 66.2 Å². The number of likely N-dealkylation sites (tertiary alicyclic amines) is 1. The first kappa shape index (κ1) is 20.8. The Kier molecular flexibility index (Phi) is 7.84. The first-order chi connectivity index (χ1) is 11.8. The highest BCUT2D eigenvalue weighted by atomic mass is 16.5. The molecular formula is C20H38N2O3. The van der Waals surface area contributed by atoms with Crippen molar-refractivity contribution in [2.45, 2.75) is 84.4 Å². The summed E-state index contributed by atoms with van der Waals surface area (Å²) in [5, 5.41) is 12.7. The summed E-state index contributed by atoms with van der Waals surface area (Å²) in [7, 11) is 0. The lowest BCUT2D eigenvalue weighted by Crippen LogP contribution is -2.35. The Balaban J connectivity index is 0.000000186. The number of aliphatic hydroxyl groups is 1. The van der Waals surface area contributed by atoms with Gasteiger partial charge in [-0.15, -0.1) is 0 Å². The van der Waals surface area contributed by atoms with E-state index in [0.717, 1.165) is 51.5 Å². The third-order valence-electron chi connectivity index (χ3n) is 6.03. The molecule has 1 aliphatic carbocycles. The molecule has 2 saturated heterocycles. The molecule has 146 valence electrons. The highest BCUT2D eigenvalue weighted by Crippen LogP contribution is 2.39. The molecular weight excluding hydrogens is 316 g/mol. The Morgan fingerprint density at radius 2 is 1.84 bits per heavy atom. The zero-order valence-corrected chi connectivity index (χ0v) is 16.6. The number of rotatable bonds is 3. The third-order valence-corrected chi connectivity index (χ3v) is 6.03. The molecule has 2 aliphatic heterocycles. The number of nitroso groups, excluding NO2 is 1. The highest BCUT2D eigenvalue weighted by molar-refractivity contribution is 4.86. The van der Waals surface area contributed by atoms with Gasteiger partial charge in [0.25, 0.3) is 0 Å². The summed E-state index contributed by atoms with van der Waals surface area (Å²) in [5.41, 5.74) is 0.330. The van der Waals surface area contributed by atoms with Crippen molar-refractivity contribution in [1.29, 1.82) is 0 Å². The van der Waals surface area contributed by atoms with E-state index in [1.54, 1.807) is 0 Å². The smallest absolute Gasteiger partial charge is 0.0927 e. The van der Waals surface area contributed by atoms with Crippen LogP contribution in [-0.4, -0.2) is 54.5 Å². The van der Waals surface area contributed by atoms with E-state index in [2.05, 4.69) is 37.8 Å². The van der Waals surface area contributed by atoms with Crippen LogP contribution in [0.4, 0.5) is 0 Å². The molecule has 1 saturated carbocycles. The fourth-order valence-corrected chi connectivity index (χ4v) is 4.96. The molecule has 1 N–H and O–H groups in total. The standard InChI is InChI=1S/C11H21NO2.C9H17NO/c1-9-6-11(13)8-12(9)7-10-2-4-14-5-3-10;1-7-4-8(10-11)6-9(2,3)5-7/h9-11,13H,2-8H2,1H3;7-8H,4-6H2,1-3H3. The summed E-state index contributed by atoms with van der Waals surface area (Å²) < 4.78 is 5.34. The van der Waals surface area contributed by atoms with Gasteiger partial charge >= 0.3 is 0 Å². The van der Waals surface area contributed by atoms with Crippen LogP contribution in [-0.2, 0) is 4.74 Å². The maximum Gasteiger partial charge on any atom is 0.0927 e. The number of ether oxygens (including phenoxy) is 1. The molecule has 5 heteroatoms. The molecule has 5 nitrogen and oxygen atoms in total. The van der Waals surface area contributed by atoms with Crippen LogP contribution in [0.25, 0.3) is 0 Å². The van der Waals surface area contributed by atoms with E-state index in [1.165, 1.54) is 19.3 Å². The summed E-state index contributed by atoms with van der Waals surface area (Å²) in [5.74, 6) is 1.46. The molecule has 0 aromatic rings. The molecule has 2 heterocycles. The van der Waals surface area contributed by atoms with Crippen molar-refractivity contribution in [3.8, 4) is 0 Å². The summed E-state index contributed by atoms with van der Waals surface area (Å²) in [6.45, 7) is 12.8. The maximum atomic E-state index is 10.3. The quantitative estimate of drug-likeness (QED) is 0.782. The van der Waals surface area contributed by atoms with Gasteiger partial charge in [-0.2, -0.15) is 4.91 Å². The summed E-state index contributed by atoms with van der Waals surface area (Å²) in [4.78, 5) is 12.8. The lowest BCUT2D eigenvalue weighted by Gasteiger charge is -2.35. The Labute approximate surface area is 153 Å². The normalized spacial score (nSPS) is 36.5. The van der Waals surface area contributed by atoms with Crippen LogP contribution in [0.3, 0.4) is 0 Å². The largest absolute Gasteiger partial charge is 0.392 e. The lowest BCUT2D eigenvalue weighted by molar-refractivity contribution is 0.0501. The maximum absolute atomic E-state index is 10.3. The lowest BCUT2D eigenvalue weighted by atomic mass is 9.71. The van der Waals surface area contributed by atoms with Crippen molar-refractivity contribution in [2.24, 2.45) is 22.4 Å². The van der Waals surface area contributed by atoms with Gasteiger partial charge in [0, 0.05) is 32.3 Å². The van der Waals surface area contributed by atoms with Crippen molar-refractivity contribution in [1.82, 2.24) is 4.90 Å². The molecule has 0 aromatic heterocycles. The van der Waals surface area contributed by atoms with E-state index < -0.39 is 0 Å². The zero-order valence-electron chi connectivity index (χ0n) is 16.6. The van der Waals surface area contributed by atoms with Gasteiger partial charge in [0.2, 0.25) is 0 Å². The van der Waals surface area contributed by atoms with Gasteiger partial charge in [0.15, 0.2) is 0 Å². The SMILES string of the molecule is CC1CC(N=O)CC(C)(C)C1.CC1CC(O)CN1CC1CCOCC1. The van der Waals surface area contributed by atoms with Crippen LogP contribution in [0.5, 0.6) is 0 Å². The number of hydrogen-bond acceptors (Lipinski definition) is 5. The van der Waals surface area contributed by atoms with E-state index in [-0.39, 0.29) is 12.1 Å². The number of nitrogens with zero attached hydrogens (tertiary/aromatic N) is 2. The molecule has 0 bridgehead atoms. The van der Waals surface area contributed by atoms with Gasteiger partial charge in [-0.1, -0.05) is 25.9 Å². The second kappa shape index (κ2) is 9.43. The third kappa shape index (κ3) is 6.95. The average molecular weight is 355 g/mol. The molecule has 4 unspecified atom stereocenters. The second-order valence-electron chi connectivity index (χ2n) is 9.42. The van der Waals surface area contributed by atoms with Crippen LogP contribution < -0.4 is 0 Å². The highest BCUT2D eigenvalue weighted by Gasteiger charge is 2.32. The van der Waals surface area contributed by atoms with E-state index in [0.29, 0.717) is 17.4 Å². The van der Waals surface area contributed by atoms with Gasteiger partial charge < -0.3 is 9.84 Å². The van der Waals surface area contributed by atoms with E-state index >= 15 is 0 Å². The van der Waals surface area contributed by atoms with Crippen molar-refractivity contribution in [2.75, 3.05) is 26.3 Å². The summed E-state index contributed by atoms with van der Waals surface area (Å²) in [6, 6.07) is 0.640. The van der Waals surface area contributed by atoms with E-state index in [9.17, 15) is 10.0 Å². The average Bonchev–Trinajstić information content (AvgIpc) is 2.84. The molecule has 0 spiro atoms. The number of aliphatic hydroxyl groups excluding tert-OH is 1. The predicted octanol–water partition coefficient (Wildman–Crippen LogP) is 3.84. The summed E-state index contributed by atoms with van der Waals surface area (Å²) >= 11 is 0. The zero-order chi connectivity index (χ0) is 18.4. The first-order valence-electron chi connectivity index (χ1n) is 10.1. The second-order valence-corrected chi connectivity index (χ2v) is 9.42. The minimum absolute atomic E-state index is 0.0775. The van der Waals surface area contributed by atoms with E-state index in [1.807, 2.05) is 0 Å². The summed E-state index contributed by atoms with van der Waals surface area (Å²) in [6.07, 6.45) is 6.44. The molecule has 0 amide bonds. The molecule has 3 fully saturated rings. The number of hydrogen-bond donors (Lipinski definition) is 1. The minimum atomic E-state index is -0.0927. The number of β-amino-alcohol motifs (C(OH)–C–C–N with tert-alkyl or cyclic N) is 1. The van der Waals surface area contributed by atoms with Gasteiger partial charge in [-0.25, -0.2) is 0 Å². The van der Waals surface area contributed by atoms with Crippen molar-refractivity contribution >= 4 is 0 Å². The van der Waals surface area contributed by atoms with Crippen LogP contribution >= 0.6 is 0 Å². The van der Waals surface area contributed by atoms with Gasteiger partial charge in [-0.05, 0) is 62.7 Å². The Morgan fingerprint density at radius 3 is 2.36 bits per heavy atom. The fraction of sp³-hybridized carbons (Fsp3) is 1.00. The van der Waals surface area contributed by atoms with Crippen LogP contribution in [0.15, 0.2) is 5.18 Å². The molecule has 3 aliphatic rings. The topological polar surface area (TPSA) is 62.1 Å². The van der Waals surface area contributed by atoms with Crippen molar-refractivity contribution in [3.63, 3.8) is 0 Å². The molecule has 4 atom stereocenters. The Morgan fingerprint density at radius 1 is 1.16 bits per heavy atom. The van der Waals surface area contributed by atoms with Crippen LogP contribution in [0, 0.1) is 22.2 Å². The monoisotopic (exact) mass is 354 g/mol. The van der Waals surface area contributed by atoms with Gasteiger partial charge in [0.05, 0.1) is 12.1 Å². The van der Waals surface area contributed by atoms with Gasteiger partial charge in [-0.3, -0.25) is 4.90 Å². The molecule has 0 aromatic carbocycles. The minimum Gasteiger partial charge on any atom is -0.392 e. The van der Waals surface area contributed by atoms with Crippen molar-refractivity contribution in [3.05, 3.63) is 4.91 Å². The van der Waals surface area contributed by atoms with Crippen molar-refractivity contribution < 1.29 is 9.84 Å². The Hall–Kier alpha value is -0.520. The molecule has 25 heavy (non-hydrogen) atoms. The van der Waals surface area contributed by atoms with E-state index in [4.69, 9.17) is 4.74 Å². The predicted molar refractivity (Wildman–Crippen MR) is 102 cm³/mol. The fourth-order valence-electron chi connectivity index (χ4n) is 4.96. The van der Waals surface area contributed by atoms with Crippen LogP contribution in [0.2, 0.25) is 0 Å². The molecule has 0 radical (unpaired) electrons. The Bertz CT molecular complexity index is 410. The molecule has 3 rings (SSSR count).